The van der Waals surface area contributed by atoms with Gasteiger partial charge in [-0.15, -0.1) is 0 Å². The Hall–Kier alpha value is 0.104. The van der Waals surface area contributed by atoms with Crippen molar-refractivity contribution in [1.82, 2.24) is 0 Å². The van der Waals surface area contributed by atoms with Gasteiger partial charge in [0.05, 0.1) is 16.1 Å². The van der Waals surface area contributed by atoms with Crippen molar-refractivity contribution in [2.75, 3.05) is 0 Å². The number of nitrogens with zero attached hydrogens (tertiary/aromatic N) is 1. The van der Waals surface area contributed by atoms with Crippen molar-refractivity contribution in [2.45, 2.75) is 90.5 Å². The fourth-order valence-corrected chi connectivity index (χ4v) is 14.5. The van der Waals surface area contributed by atoms with Crippen LogP contribution in [0.1, 0.15) is 46.0 Å². The molecule has 0 amide bonds. The summed E-state index contributed by atoms with van der Waals surface area (Å²) in [6.45, 7) is 19.5. The first-order valence-electron chi connectivity index (χ1n) is 8.14. The second-order valence-corrected chi connectivity index (χ2v) is 19.3. The summed E-state index contributed by atoms with van der Waals surface area (Å²) in [5.41, 5.74) is 0. The average molecular weight is 300 g/mol. The highest BCUT2D eigenvalue weighted by Crippen LogP contribution is 2.23. The van der Waals surface area contributed by atoms with Crippen molar-refractivity contribution in [1.29, 1.82) is 0 Å². The normalized spacial score (nSPS) is 15.4. The van der Waals surface area contributed by atoms with E-state index in [2.05, 4.69) is 59.3 Å². The summed E-state index contributed by atoms with van der Waals surface area (Å²) in [6.07, 6.45) is 8.85. The Morgan fingerprint density at radius 2 is 1.47 bits per heavy atom. The van der Waals surface area contributed by atoms with Crippen molar-refractivity contribution in [3.63, 3.8) is 0 Å². The van der Waals surface area contributed by atoms with Crippen molar-refractivity contribution in [2.24, 2.45) is 10.9 Å². The zero-order valence-corrected chi connectivity index (χ0v) is 16.7. The van der Waals surface area contributed by atoms with Gasteiger partial charge in [-0.1, -0.05) is 78.8 Å². The van der Waals surface area contributed by atoms with Crippen LogP contribution < -0.4 is 0 Å². The van der Waals surface area contributed by atoms with E-state index in [-0.39, 0.29) is 0 Å². The lowest BCUT2D eigenvalue weighted by Gasteiger charge is -2.35. The third kappa shape index (κ3) is 8.08. The number of hydrogen-bond donors (Lipinski definition) is 0. The van der Waals surface area contributed by atoms with Gasteiger partial charge in [0.1, 0.15) is 0 Å². The van der Waals surface area contributed by atoms with Gasteiger partial charge in [-0.3, -0.25) is 0 Å². The number of hydrogen-bond acceptors (Lipinski definition) is 1. The van der Waals surface area contributed by atoms with Gasteiger partial charge in [-0.05, 0) is 18.6 Å². The Labute approximate surface area is 124 Å². The average Bonchev–Trinajstić information content (AvgIpc) is 2.24. The van der Waals surface area contributed by atoms with Gasteiger partial charge in [-0.2, -0.15) is 0 Å². The first-order chi connectivity index (χ1) is 8.62. The highest BCUT2D eigenvalue weighted by atomic mass is 28.4. The minimum Gasteiger partial charge on any atom is -0.301 e. The maximum atomic E-state index is 5.06. The molecule has 0 saturated carbocycles. The highest BCUT2D eigenvalue weighted by Gasteiger charge is 2.36. The molecular weight excluding hydrogens is 262 g/mol. The zero-order chi connectivity index (χ0) is 15.1. The van der Waals surface area contributed by atoms with E-state index in [1.165, 1.54) is 32.1 Å². The zero-order valence-electron chi connectivity index (χ0n) is 14.7. The quantitative estimate of drug-likeness (QED) is 0.377. The topological polar surface area (TPSA) is 12.4 Å². The molecular formula is C16H37NSi2. The molecule has 0 spiro atoms. The lowest BCUT2D eigenvalue weighted by Crippen LogP contribution is -2.52. The van der Waals surface area contributed by atoms with E-state index in [0.29, 0.717) is 5.29 Å². The fourth-order valence-electron chi connectivity index (χ4n) is 3.04. The van der Waals surface area contributed by atoms with Crippen LogP contribution in [0.4, 0.5) is 0 Å². The molecule has 3 heteroatoms. The molecule has 0 rings (SSSR count). The predicted molar refractivity (Wildman–Crippen MR) is 96.9 cm³/mol. The monoisotopic (exact) mass is 299 g/mol. The van der Waals surface area contributed by atoms with Crippen LogP contribution in [-0.2, 0) is 0 Å². The van der Waals surface area contributed by atoms with E-state index in [1.807, 2.05) is 0 Å². The smallest absolute Gasteiger partial charge is 0.0693 e. The van der Waals surface area contributed by atoms with Gasteiger partial charge in [0.2, 0.25) is 0 Å². The van der Waals surface area contributed by atoms with Gasteiger partial charge in [0.25, 0.3) is 0 Å². The van der Waals surface area contributed by atoms with Crippen LogP contribution in [0.2, 0.25) is 39.3 Å². The van der Waals surface area contributed by atoms with Crippen LogP contribution in [0, 0.1) is 5.92 Å². The first kappa shape index (κ1) is 19.1. The Balaban J connectivity index is 4.56. The molecule has 0 aromatic rings. The summed E-state index contributed by atoms with van der Waals surface area (Å²) < 4.78 is 0. The number of aliphatic imine (C=N–C) groups is 1. The SMILES string of the molecule is CCCCC(CC)C/C=N/C([Si](C)(C)C)[Si](C)(C)C. The highest BCUT2D eigenvalue weighted by molar-refractivity contribution is 6.96. The maximum absolute atomic E-state index is 5.06. The maximum Gasteiger partial charge on any atom is 0.0693 e. The molecule has 0 aliphatic rings. The Bertz CT molecular complexity index is 247. The Kier molecular flexibility index (Phi) is 8.45. The third-order valence-corrected chi connectivity index (χ3v) is 12.7. The van der Waals surface area contributed by atoms with Crippen molar-refractivity contribution < 1.29 is 0 Å². The van der Waals surface area contributed by atoms with E-state index in [9.17, 15) is 0 Å². The van der Waals surface area contributed by atoms with Crippen LogP contribution in [-0.4, -0.2) is 27.7 Å². The summed E-state index contributed by atoms with van der Waals surface area (Å²) >= 11 is 0. The standard InChI is InChI=1S/C16H37NSi2/c1-9-11-12-15(10-2)13-14-17-16(18(3,4)5)19(6,7)8/h14-16H,9-13H2,1-8H3/b17-14+. The molecule has 0 N–H and O–H groups in total. The molecule has 114 valence electrons. The molecule has 0 fully saturated rings. The lowest BCUT2D eigenvalue weighted by atomic mass is 9.96. The molecule has 0 aromatic carbocycles. The molecule has 0 saturated heterocycles. The van der Waals surface area contributed by atoms with Gasteiger partial charge < -0.3 is 4.99 Å². The number of rotatable bonds is 9. The van der Waals surface area contributed by atoms with Crippen LogP contribution in [0.5, 0.6) is 0 Å². The second-order valence-electron chi connectivity index (χ2n) is 8.12. The lowest BCUT2D eigenvalue weighted by molar-refractivity contribution is 0.469. The fraction of sp³-hybridized carbons (Fsp3) is 0.938. The molecule has 0 aliphatic carbocycles. The largest absolute Gasteiger partial charge is 0.301 e. The Morgan fingerprint density at radius 3 is 1.84 bits per heavy atom. The summed E-state index contributed by atoms with van der Waals surface area (Å²) in [7, 11) is -2.33. The molecule has 1 nitrogen and oxygen atoms in total. The van der Waals surface area contributed by atoms with Crippen LogP contribution in [0.3, 0.4) is 0 Å². The van der Waals surface area contributed by atoms with Crippen molar-refractivity contribution >= 4 is 22.4 Å². The predicted octanol–water partition coefficient (Wildman–Crippen LogP) is 5.79. The molecule has 0 bridgehead atoms. The van der Waals surface area contributed by atoms with E-state index in [0.717, 1.165) is 5.92 Å². The van der Waals surface area contributed by atoms with Gasteiger partial charge in [-0.25, -0.2) is 0 Å². The van der Waals surface area contributed by atoms with Crippen LogP contribution >= 0.6 is 0 Å². The van der Waals surface area contributed by atoms with Crippen molar-refractivity contribution in [3.8, 4) is 0 Å². The summed E-state index contributed by atoms with van der Waals surface area (Å²) in [4.78, 5) is 5.06. The van der Waals surface area contributed by atoms with E-state index in [4.69, 9.17) is 4.99 Å². The van der Waals surface area contributed by atoms with E-state index >= 15 is 0 Å². The van der Waals surface area contributed by atoms with Gasteiger partial charge in [0.15, 0.2) is 0 Å². The minimum absolute atomic E-state index is 0.670. The van der Waals surface area contributed by atoms with Crippen LogP contribution in [0.25, 0.3) is 0 Å². The van der Waals surface area contributed by atoms with Gasteiger partial charge in [0, 0.05) is 5.29 Å². The number of unbranched alkanes of at least 4 members (excludes halogenated alkanes) is 1. The summed E-state index contributed by atoms with van der Waals surface area (Å²) in [6, 6.07) is 0. The molecule has 0 aliphatic heterocycles. The summed E-state index contributed by atoms with van der Waals surface area (Å²) in [5, 5.41) is 0.670. The first-order valence-corrected chi connectivity index (χ1v) is 15.3. The third-order valence-electron chi connectivity index (χ3n) is 3.88. The molecule has 0 radical (unpaired) electrons. The second kappa shape index (κ2) is 8.40. The van der Waals surface area contributed by atoms with Gasteiger partial charge >= 0.3 is 0 Å². The van der Waals surface area contributed by atoms with Crippen LogP contribution in [0.15, 0.2) is 4.99 Å². The molecule has 1 unspecified atom stereocenters. The molecule has 0 aromatic heterocycles. The summed E-state index contributed by atoms with van der Waals surface area (Å²) in [5.74, 6) is 0.854. The minimum atomic E-state index is -1.17. The molecule has 1 atom stereocenters. The Morgan fingerprint density at radius 1 is 0.947 bits per heavy atom. The van der Waals surface area contributed by atoms with E-state index in [1.54, 1.807) is 0 Å². The van der Waals surface area contributed by atoms with E-state index < -0.39 is 16.1 Å². The molecule has 0 heterocycles. The van der Waals surface area contributed by atoms with Crippen molar-refractivity contribution in [3.05, 3.63) is 0 Å². The molecule has 19 heavy (non-hydrogen) atoms.